The van der Waals surface area contributed by atoms with Crippen molar-refractivity contribution in [3.8, 4) is 5.69 Å². The molecule has 0 bridgehead atoms. The summed E-state index contributed by atoms with van der Waals surface area (Å²) in [5.41, 5.74) is 2.67. The molecule has 0 atom stereocenters. The lowest BCUT2D eigenvalue weighted by Crippen LogP contribution is -2.41. The number of anilines is 3. The van der Waals surface area contributed by atoms with Crippen LogP contribution in [0.5, 0.6) is 0 Å². The van der Waals surface area contributed by atoms with Crippen molar-refractivity contribution in [2.45, 2.75) is 12.8 Å². The second-order valence-corrected chi connectivity index (χ2v) is 7.34. The first-order valence-electron chi connectivity index (χ1n) is 9.63. The lowest BCUT2D eigenvalue weighted by atomic mass is 10.1. The summed E-state index contributed by atoms with van der Waals surface area (Å²) in [5, 5.41) is 10.1. The Morgan fingerprint density at radius 2 is 2.07 bits per heavy atom. The van der Waals surface area contributed by atoms with E-state index < -0.39 is 0 Å². The first-order valence-corrected chi connectivity index (χ1v) is 9.63. The fraction of sp³-hybridized carbons (Fsp3) is 0.238. The van der Waals surface area contributed by atoms with Crippen LogP contribution in [0.15, 0.2) is 55.0 Å². The van der Waals surface area contributed by atoms with Crippen molar-refractivity contribution in [1.29, 1.82) is 0 Å². The second kappa shape index (κ2) is 7.05. The third-order valence-electron chi connectivity index (χ3n) is 5.16. The van der Waals surface area contributed by atoms with Crippen LogP contribution in [-0.2, 0) is 4.79 Å². The van der Waals surface area contributed by atoms with Gasteiger partial charge in [-0.1, -0.05) is 0 Å². The van der Waals surface area contributed by atoms with Crippen LogP contribution in [0.25, 0.3) is 5.69 Å². The number of fused-ring (bicyclic) bond motifs is 1. The summed E-state index contributed by atoms with van der Waals surface area (Å²) in [6.45, 7) is 0.927. The Morgan fingerprint density at radius 1 is 1.24 bits per heavy atom. The van der Waals surface area contributed by atoms with Gasteiger partial charge in [0.15, 0.2) is 0 Å². The van der Waals surface area contributed by atoms with Crippen molar-refractivity contribution in [1.82, 2.24) is 14.8 Å². The number of rotatable bonds is 5. The molecule has 1 aliphatic carbocycles. The van der Waals surface area contributed by atoms with Gasteiger partial charge in [-0.3, -0.25) is 9.59 Å². The third kappa shape index (κ3) is 3.56. The Labute approximate surface area is 167 Å². The molecule has 5 rings (SSSR count). The number of nitrogens with one attached hydrogen (secondary N) is 2. The van der Waals surface area contributed by atoms with Gasteiger partial charge in [0.1, 0.15) is 5.82 Å². The number of benzene rings is 1. The van der Waals surface area contributed by atoms with Gasteiger partial charge in [0.2, 0.25) is 5.91 Å². The van der Waals surface area contributed by atoms with Crippen LogP contribution in [0.4, 0.5) is 17.2 Å². The lowest BCUT2D eigenvalue weighted by molar-refractivity contribution is -0.117. The SMILES string of the molecule is O=C(Nc1ccc(-n2cccn2)cc1)c1cnc2c(c1)N(CC1CC1)C(=O)CN2. The Balaban J connectivity index is 1.35. The maximum absolute atomic E-state index is 12.7. The zero-order valence-corrected chi connectivity index (χ0v) is 15.7. The highest BCUT2D eigenvalue weighted by Crippen LogP contribution is 2.35. The predicted octanol–water partition coefficient (Wildman–Crippen LogP) is 2.69. The molecule has 0 saturated heterocycles. The monoisotopic (exact) mass is 388 g/mol. The topological polar surface area (TPSA) is 92.2 Å². The van der Waals surface area contributed by atoms with Crippen molar-refractivity contribution in [2.75, 3.05) is 28.6 Å². The highest BCUT2D eigenvalue weighted by molar-refractivity contribution is 6.07. The number of carbonyl (C=O) groups excluding carboxylic acids is 2. The molecule has 2 aromatic heterocycles. The second-order valence-electron chi connectivity index (χ2n) is 7.34. The summed E-state index contributed by atoms with van der Waals surface area (Å²) in [7, 11) is 0. The van der Waals surface area contributed by atoms with E-state index >= 15 is 0 Å². The Kier molecular flexibility index (Phi) is 4.23. The number of amides is 2. The molecule has 1 fully saturated rings. The van der Waals surface area contributed by atoms with Crippen molar-refractivity contribution >= 4 is 29.0 Å². The molecule has 1 saturated carbocycles. The number of hydrogen-bond acceptors (Lipinski definition) is 5. The van der Waals surface area contributed by atoms with Crippen LogP contribution in [0.3, 0.4) is 0 Å². The summed E-state index contributed by atoms with van der Waals surface area (Å²) in [6.07, 6.45) is 7.40. The van der Waals surface area contributed by atoms with E-state index in [0.29, 0.717) is 35.2 Å². The average Bonchev–Trinajstić information content (AvgIpc) is 3.39. The summed E-state index contributed by atoms with van der Waals surface area (Å²) in [4.78, 5) is 31.2. The van der Waals surface area contributed by atoms with E-state index in [0.717, 1.165) is 18.5 Å². The van der Waals surface area contributed by atoms with E-state index in [1.165, 1.54) is 6.20 Å². The molecule has 2 aliphatic rings. The standard InChI is InChI=1S/C21H20N6O2/c28-19-12-23-20-18(26(19)13-14-2-3-14)10-15(11-22-20)21(29)25-16-4-6-17(7-5-16)27-9-1-8-24-27/h1,4-11,14H,2-3,12-13H2,(H,22,23)(H,25,29). The van der Waals surface area contributed by atoms with E-state index in [1.807, 2.05) is 36.5 Å². The van der Waals surface area contributed by atoms with E-state index in [1.54, 1.807) is 21.8 Å². The lowest BCUT2D eigenvalue weighted by Gasteiger charge is -2.29. The number of carbonyl (C=O) groups is 2. The Hall–Kier alpha value is -3.68. The number of hydrogen-bond donors (Lipinski definition) is 2. The summed E-state index contributed by atoms with van der Waals surface area (Å²) in [6, 6.07) is 11.0. The van der Waals surface area contributed by atoms with Gasteiger partial charge in [0.05, 0.1) is 23.5 Å². The molecular formula is C21H20N6O2. The molecular weight excluding hydrogens is 368 g/mol. The van der Waals surface area contributed by atoms with Crippen molar-refractivity contribution in [3.63, 3.8) is 0 Å². The van der Waals surface area contributed by atoms with E-state index in [2.05, 4.69) is 20.7 Å². The van der Waals surface area contributed by atoms with Gasteiger partial charge in [-0.2, -0.15) is 5.10 Å². The fourth-order valence-corrected chi connectivity index (χ4v) is 3.39. The van der Waals surface area contributed by atoms with Gasteiger partial charge in [-0.15, -0.1) is 0 Å². The van der Waals surface area contributed by atoms with Crippen LogP contribution in [0.1, 0.15) is 23.2 Å². The largest absolute Gasteiger partial charge is 0.359 e. The summed E-state index contributed by atoms with van der Waals surface area (Å²) >= 11 is 0. The molecule has 0 radical (unpaired) electrons. The Bertz CT molecular complexity index is 1060. The molecule has 8 heteroatoms. The van der Waals surface area contributed by atoms with Crippen molar-refractivity contribution < 1.29 is 9.59 Å². The highest BCUT2D eigenvalue weighted by atomic mass is 16.2. The van der Waals surface area contributed by atoms with E-state index in [4.69, 9.17) is 0 Å². The van der Waals surface area contributed by atoms with Crippen LogP contribution < -0.4 is 15.5 Å². The number of nitrogens with zero attached hydrogens (tertiary/aromatic N) is 4. The minimum Gasteiger partial charge on any atom is -0.359 e. The minimum absolute atomic E-state index is 0.0120. The molecule has 0 spiro atoms. The maximum atomic E-state index is 12.7. The van der Waals surface area contributed by atoms with Gasteiger partial charge in [-0.25, -0.2) is 9.67 Å². The quantitative estimate of drug-likeness (QED) is 0.701. The zero-order chi connectivity index (χ0) is 19.8. The van der Waals surface area contributed by atoms with Crippen molar-refractivity contribution in [2.24, 2.45) is 5.92 Å². The van der Waals surface area contributed by atoms with Crippen molar-refractivity contribution in [3.05, 3.63) is 60.6 Å². The van der Waals surface area contributed by atoms with Gasteiger partial charge >= 0.3 is 0 Å². The molecule has 3 heterocycles. The predicted molar refractivity (Wildman–Crippen MR) is 109 cm³/mol. The molecule has 29 heavy (non-hydrogen) atoms. The van der Waals surface area contributed by atoms with Gasteiger partial charge in [0.25, 0.3) is 5.91 Å². The molecule has 8 nitrogen and oxygen atoms in total. The van der Waals surface area contributed by atoms with E-state index in [9.17, 15) is 9.59 Å². The molecule has 146 valence electrons. The minimum atomic E-state index is -0.267. The highest BCUT2D eigenvalue weighted by Gasteiger charge is 2.32. The van der Waals surface area contributed by atoms with Gasteiger partial charge in [0, 0.05) is 30.8 Å². The van der Waals surface area contributed by atoms with Gasteiger partial charge in [-0.05, 0) is 55.2 Å². The molecule has 1 aliphatic heterocycles. The molecule has 0 unspecified atom stereocenters. The third-order valence-corrected chi connectivity index (χ3v) is 5.16. The first kappa shape index (κ1) is 17.4. The summed E-state index contributed by atoms with van der Waals surface area (Å²) in [5.74, 6) is 0.940. The number of aromatic nitrogens is 3. The normalized spacial score (nSPS) is 15.6. The summed E-state index contributed by atoms with van der Waals surface area (Å²) < 4.78 is 1.75. The fourth-order valence-electron chi connectivity index (χ4n) is 3.39. The first-order chi connectivity index (χ1) is 14.2. The van der Waals surface area contributed by atoms with Gasteiger partial charge < -0.3 is 15.5 Å². The van der Waals surface area contributed by atoms with Crippen LogP contribution in [0.2, 0.25) is 0 Å². The molecule has 3 aromatic rings. The van der Waals surface area contributed by atoms with E-state index in [-0.39, 0.29) is 18.4 Å². The average molecular weight is 388 g/mol. The number of pyridine rings is 1. The smallest absolute Gasteiger partial charge is 0.257 e. The zero-order valence-electron chi connectivity index (χ0n) is 15.7. The van der Waals surface area contributed by atoms with Crippen LogP contribution in [0, 0.1) is 5.92 Å². The molecule has 2 amide bonds. The molecule has 2 N–H and O–H groups in total. The van der Waals surface area contributed by atoms with Crippen LogP contribution >= 0.6 is 0 Å². The Morgan fingerprint density at radius 3 is 2.79 bits per heavy atom. The maximum Gasteiger partial charge on any atom is 0.257 e. The molecule has 1 aromatic carbocycles. The van der Waals surface area contributed by atoms with Crippen LogP contribution in [-0.4, -0.2) is 39.7 Å².